The van der Waals surface area contributed by atoms with Gasteiger partial charge in [0, 0.05) is 5.92 Å². The fourth-order valence-corrected chi connectivity index (χ4v) is 4.58. The van der Waals surface area contributed by atoms with Crippen molar-refractivity contribution in [3.63, 3.8) is 0 Å². The van der Waals surface area contributed by atoms with Crippen LogP contribution in [0.3, 0.4) is 0 Å². The lowest BCUT2D eigenvalue weighted by Crippen LogP contribution is -2.60. The van der Waals surface area contributed by atoms with Crippen LogP contribution in [-0.2, 0) is 9.59 Å². The highest BCUT2D eigenvalue weighted by molar-refractivity contribution is 5.88. The first-order valence-electron chi connectivity index (χ1n) is 8.17. The molecule has 0 radical (unpaired) electrons. The molecular weight excluding hydrogens is 315 g/mol. The van der Waals surface area contributed by atoms with Gasteiger partial charge in [-0.15, -0.1) is 0 Å². The Balaban J connectivity index is 2.75. The molecule has 1 fully saturated rings. The van der Waals surface area contributed by atoms with E-state index in [9.17, 15) is 29.3 Å². The fraction of sp³-hybridized carbons (Fsp3) is 0.556. The Morgan fingerprint density at radius 2 is 1.71 bits per heavy atom. The molecular formula is C18H23FO5. The van der Waals surface area contributed by atoms with Crippen molar-refractivity contribution in [2.24, 2.45) is 10.8 Å². The highest BCUT2D eigenvalue weighted by Crippen LogP contribution is 2.61. The maximum Gasteiger partial charge on any atom is 0.311 e. The van der Waals surface area contributed by atoms with Crippen molar-refractivity contribution in [2.75, 3.05) is 0 Å². The Morgan fingerprint density at radius 3 is 2.12 bits per heavy atom. The first-order chi connectivity index (χ1) is 11.3. The number of halogens is 1. The third-order valence-corrected chi connectivity index (χ3v) is 5.82. The number of aliphatic hydroxyl groups is 1. The van der Waals surface area contributed by atoms with E-state index in [1.807, 2.05) is 0 Å². The lowest BCUT2D eigenvalue weighted by molar-refractivity contribution is -0.191. The lowest BCUT2D eigenvalue weighted by atomic mass is 9.47. The number of carbonyl (C=O) groups is 2. The Hall–Kier alpha value is -1.95. The molecule has 1 aliphatic carbocycles. The lowest BCUT2D eigenvalue weighted by Gasteiger charge is -2.54. The molecule has 0 aliphatic heterocycles. The van der Waals surface area contributed by atoms with Crippen molar-refractivity contribution in [3.8, 4) is 0 Å². The molecule has 5 nitrogen and oxygen atoms in total. The van der Waals surface area contributed by atoms with Crippen molar-refractivity contribution >= 4 is 11.9 Å². The third-order valence-electron chi connectivity index (χ3n) is 5.82. The van der Waals surface area contributed by atoms with Crippen LogP contribution in [0.15, 0.2) is 24.3 Å². The summed E-state index contributed by atoms with van der Waals surface area (Å²) in [6.45, 7) is 3.30. The number of carboxylic acid groups (broad SMARTS) is 2. The molecule has 0 spiro atoms. The van der Waals surface area contributed by atoms with Crippen molar-refractivity contribution < 1.29 is 29.3 Å². The maximum absolute atomic E-state index is 13.3. The molecule has 0 unspecified atom stereocenters. The average molecular weight is 338 g/mol. The van der Waals surface area contributed by atoms with Gasteiger partial charge in [-0.2, -0.15) is 0 Å². The smallest absolute Gasteiger partial charge is 0.311 e. The zero-order valence-electron chi connectivity index (χ0n) is 13.8. The van der Waals surface area contributed by atoms with E-state index < -0.39 is 40.6 Å². The standard InChI is InChI=1S/C18H23FO5/c1-3-17(15(21)22)10-9-13(20)14(18(17,4-2)16(23)24)11-5-7-12(19)8-6-11/h5-8,13-14,20H,3-4,9-10H2,1-2H3,(H,21,22)(H,23,24)/t13-,14-,17+,18+/m0/s1. The van der Waals surface area contributed by atoms with Crippen molar-refractivity contribution in [1.29, 1.82) is 0 Å². The number of rotatable bonds is 5. The summed E-state index contributed by atoms with van der Waals surface area (Å²) >= 11 is 0. The highest BCUT2D eigenvalue weighted by atomic mass is 19.1. The van der Waals surface area contributed by atoms with Crippen LogP contribution >= 0.6 is 0 Å². The molecule has 0 amide bonds. The summed E-state index contributed by atoms with van der Waals surface area (Å²) in [5, 5.41) is 30.5. The van der Waals surface area contributed by atoms with Gasteiger partial charge in [0.25, 0.3) is 0 Å². The molecule has 2 rings (SSSR count). The molecule has 0 bridgehead atoms. The molecule has 1 saturated carbocycles. The van der Waals surface area contributed by atoms with E-state index in [1.165, 1.54) is 24.3 Å². The number of benzene rings is 1. The topological polar surface area (TPSA) is 94.8 Å². The van der Waals surface area contributed by atoms with E-state index in [0.29, 0.717) is 5.56 Å². The molecule has 0 saturated heterocycles. The number of hydrogen-bond acceptors (Lipinski definition) is 3. The average Bonchev–Trinajstić information content (AvgIpc) is 2.55. The SMILES string of the molecule is CC[C@]1(C(=O)O)CC[C@H](O)[C@H](c2ccc(F)cc2)[C@]1(CC)C(=O)O. The van der Waals surface area contributed by atoms with Gasteiger partial charge in [0.2, 0.25) is 0 Å². The summed E-state index contributed by atoms with van der Waals surface area (Å²) in [5.41, 5.74) is -2.69. The summed E-state index contributed by atoms with van der Waals surface area (Å²) in [4.78, 5) is 24.5. The van der Waals surface area contributed by atoms with E-state index in [4.69, 9.17) is 0 Å². The van der Waals surface area contributed by atoms with Crippen LogP contribution in [-0.4, -0.2) is 33.4 Å². The molecule has 24 heavy (non-hydrogen) atoms. The summed E-state index contributed by atoms with van der Waals surface area (Å²) in [6, 6.07) is 5.27. The molecule has 4 atom stereocenters. The second kappa shape index (κ2) is 6.51. The second-order valence-corrected chi connectivity index (χ2v) is 6.51. The normalized spacial score (nSPS) is 33.2. The summed E-state index contributed by atoms with van der Waals surface area (Å²) < 4.78 is 13.3. The number of hydrogen-bond donors (Lipinski definition) is 3. The van der Waals surface area contributed by atoms with Gasteiger partial charge in [0.1, 0.15) is 5.82 Å². The van der Waals surface area contributed by atoms with Crippen LogP contribution < -0.4 is 0 Å². The molecule has 1 aliphatic rings. The van der Waals surface area contributed by atoms with Gasteiger partial charge in [-0.05, 0) is 43.4 Å². The summed E-state index contributed by atoms with van der Waals surface area (Å²) in [7, 11) is 0. The van der Waals surface area contributed by atoms with Gasteiger partial charge in [-0.25, -0.2) is 4.39 Å². The summed E-state index contributed by atoms with van der Waals surface area (Å²) in [5.74, 6) is -3.78. The van der Waals surface area contributed by atoms with Crippen LogP contribution in [0, 0.1) is 16.6 Å². The number of aliphatic hydroxyl groups excluding tert-OH is 1. The second-order valence-electron chi connectivity index (χ2n) is 6.51. The van der Waals surface area contributed by atoms with Crippen molar-refractivity contribution in [3.05, 3.63) is 35.6 Å². The van der Waals surface area contributed by atoms with Crippen LogP contribution in [0.25, 0.3) is 0 Å². The summed E-state index contributed by atoms with van der Waals surface area (Å²) in [6.07, 6.45) is -0.505. The minimum absolute atomic E-state index is 0.0571. The van der Waals surface area contributed by atoms with Gasteiger partial charge in [0.05, 0.1) is 16.9 Å². The van der Waals surface area contributed by atoms with Gasteiger partial charge < -0.3 is 15.3 Å². The first kappa shape index (κ1) is 18.4. The molecule has 1 aromatic rings. The van der Waals surface area contributed by atoms with E-state index >= 15 is 0 Å². The Labute approximate surface area is 140 Å². The Morgan fingerprint density at radius 1 is 1.12 bits per heavy atom. The molecule has 132 valence electrons. The molecule has 0 aromatic heterocycles. The van der Waals surface area contributed by atoms with E-state index in [2.05, 4.69) is 0 Å². The van der Waals surface area contributed by atoms with Gasteiger partial charge in [-0.1, -0.05) is 26.0 Å². The first-order valence-corrected chi connectivity index (χ1v) is 8.17. The van der Waals surface area contributed by atoms with Crippen molar-refractivity contribution in [2.45, 2.75) is 51.6 Å². The molecule has 0 heterocycles. The van der Waals surface area contributed by atoms with E-state index in [1.54, 1.807) is 13.8 Å². The molecule has 3 N–H and O–H groups in total. The molecule has 6 heteroatoms. The van der Waals surface area contributed by atoms with Crippen LogP contribution in [0.2, 0.25) is 0 Å². The predicted octanol–water partition coefficient (Wildman–Crippen LogP) is 3.03. The minimum atomic E-state index is -1.66. The van der Waals surface area contributed by atoms with Crippen LogP contribution in [0.5, 0.6) is 0 Å². The predicted molar refractivity (Wildman–Crippen MR) is 85.1 cm³/mol. The van der Waals surface area contributed by atoms with Gasteiger partial charge in [-0.3, -0.25) is 9.59 Å². The number of aliphatic carboxylic acids is 2. The highest BCUT2D eigenvalue weighted by Gasteiger charge is 2.66. The maximum atomic E-state index is 13.3. The quantitative estimate of drug-likeness (QED) is 0.767. The van der Waals surface area contributed by atoms with Crippen LogP contribution in [0.1, 0.15) is 51.0 Å². The van der Waals surface area contributed by atoms with Crippen molar-refractivity contribution in [1.82, 2.24) is 0 Å². The third kappa shape index (κ3) is 2.40. The number of carboxylic acids is 2. The monoisotopic (exact) mass is 338 g/mol. The zero-order chi connectivity index (χ0) is 18.1. The van der Waals surface area contributed by atoms with Gasteiger partial charge >= 0.3 is 11.9 Å². The molecule has 1 aromatic carbocycles. The largest absolute Gasteiger partial charge is 0.481 e. The van der Waals surface area contributed by atoms with E-state index in [0.717, 1.165) is 0 Å². The fourth-order valence-electron chi connectivity index (χ4n) is 4.58. The zero-order valence-corrected chi connectivity index (χ0v) is 13.8. The van der Waals surface area contributed by atoms with E-state index in [-0.39, 0.29) is 25.7 Å². The Bertz CT molecular complexity index is 629. The Kier molecular flexibility index (Phi) is 4.99. The van der Waals surface area contributed by atoms with Crippen LogP contribution in [0.4, 0.5) is 4.39 Å². The van der Waals surface area contributed by atoms with Gasteiger partial charge in [0.15, 0.2) is 0 Å². The minimum Gasteiger partial charge on any atom is -0.481 e.